The Hall–Kier alpha value is -3.75. The second kappa shape index (κ2) is 7.47. The molecule has 1 unspecified atom stereocenters. The molecule has 3 N–H and O–H groups in total. The third-order valence-electron chi connectivity index (χ3n) is 4.21. The highest BCUT2D eigenvalue weighted by Gasteiger charge is 2.49. The van der Waals surface area contributed by atoms with Gasteiger partial charge in [-0.2, -0.15) is 0 Å². The Kier molecular flexibility index (Phi) is 5.08. The molecule has 9 heteroatoms. The van der Waals surface area contributed by atoms with Crippen molar-refractivity contribution < 1.29 is 33.8 Å². The van der Waals surface area contributed by atoms with Crippen LogP contribution in [0.3, 0.4) is 0 Å². The summed E-state index contributed by atoms with van der Waals surface area (Å²) in [6, 6.07) is 10.7. The molecule has 2 aromatic rings. The number of carbonyl (C=O) groups is 3. The summed E-state index contributed by atoms with van der Waals surface area (Å²) in [5.74, 6) is -3.54. The van der Waals surface area contributed by atoms with E-state index in [4.69, 9.17) is 9.94 Å². The molecule has 144 valence electrons. The predicted octanol–water partition coefficient (Wildman–Crippen LogP) is 2.50. The second-order valence-electron chi connectivity index (χ2n) is 6.22. The molecule has 3 rings (SSSR count). The second-order valence-corrected chi connectivity index (χ2v) is 6.22. The summed E-state index contributed by atoms with van der Waals surface area (Å²) in [7, 11) is 0. The molecule has 0 spiro atoms. The Balaban J connectivity index is 1.69. The topological polar surface area (TPSA) is 125 Å². The van der Waals surface area contributed by atoms with Crippen molar-refractivity contribution in [1.29, 1.82) is 0 Å². The summed E-state index contributed by atoms with van der Waals surface area (Å²) in [6.45, 7) is 0. The highest BCUT2D eigenvalue weighted by molar-refractivity contribution is 6.06. The van der Waals surface area contributed by atoms with E-state index in [9.17, 15) is 23.9 Å². The van der Waals surface area contributed by atoms with E-state index in [2.05, 4.69) is 10.5 Å². The molecule has 1 atom stereocenters. The van der Waals surface area contributed by atoms with Crippen LogP contribution in [-0.4, -0.2) is 39.4 Å². The highest BCUT2D eigenvalue weighted by Crippen LogP contribution is 2.31. The molecule has 1 aliphatic rings. The number of hydrogen-bond acceptors (Lipinski definition) is 5. The molecule has 1 aliphatic heterocycles. The number of amides is 1. The number of hydrogen-bond donors (Lipinski definition) is 3. The SMILES string of the molecule is O=C(CC1(C(=O)O)CC(c2ccc(F)cc2)=NO1)Nc1ccc(C(=O)O)cc1. The van der Waals surface area contributed by atoms with Crippen molar-refractivity contribution in [1.82, 2.24) is 0 Å². The van der Waals surface area contributed by atoms with Crippen molar-refractivity contribution in [2.75, 3.05) is 5.32 Å². The number of aromatic carboxylic acids is 1. The number of nitrogens with one attached hydrogen (secondary N) is 1. The van der Waals surface area contributed by atoms with Crippen LogP contribution in [0.2, 0.25) is 0 Å². The number of carboxylic acids is 2. The molecule has 8 nitrogen and oxygen atoms in total. The average Bonchev–Trinajstić information content (AvgIpc) is 3.08. The summed E-state index contributed by atoms with van der Waals surface area (Å²) < 4.78 is 13.1. The first-order valence-corrected chi connectivity index (χ1v) is 8.17. The van der Waals surface area contributed by atoms with E-state index in [0.717, 1.165) is 0 Å². The Morgan fingerprint density at radius 2 is 1.71 bits per heavy atom. The van der Waals surface area contributed by atoms with Gasteiger partial charge in [0, 0.05) is 12.1 Å². The van der Waals surface area contributed by atoms with E-state index in [1.54, 1.807) is 0 Å². The van der Waals surface area contributed by atoms with E-state index >= 15 is 0 Å². The summed E-state index contributed by atoms with van der Waals surface area (Å²) in [5, 5.41) is 24.7. The number of rotatable bonds is 6. The maximum absolute atomic E-state index is 13.1. The molecular formula is C19H15FN2O6. The van der Waals surface area contributed by atoms with Gasteiger partial charge >= 0.3 is 11.9 Å². The van der Waals surface area contributed by atoms with Crippen LogP contribution >= 0.6 is 0 Å². The van der Waals surface area contributed by atoms with Gasteiger partial charge in [0.05, 0.1) is 17.7 Å². The lowest BCUT2D eigenvalue weighted by atomic mass is 9.90. The first-order chi connectivity index (χ1) is 13.3. The highest BCUT2D eigenvalue weighted by atomic mass is 19.1. The molecule has 0 bridgehead atoms. The van der Waals surface area contributed by atoms with Crippen molar-refractivity contribution in [2.24, 2.45) is 5.16 Å². The fourth-order valence-electron chi connectivity index (χ4n) is 2.72. The molecule has 0 saturated carbocycles. The minimum Gasteiger partial charge on any atom is -0.478 e. The molecule has 1 heterocycles. The number of nitrogens with zero attached hydrogens (tertiary/aromatic N) is 1. The molecule has 0 radical (unpaired) electrons. The maximum atomic E-state index is 13.1. The quantitative estimate of drug-likeness (QED) is 0.700. The molecule has 2 aromatic carbocycles. The number of oxime groups is 1. The zero-order chi connectivity index (χ0) is 20.3. The Morgan fingerprint density at radius 1 is 1.07 bits per heavy atom. The lowest BCUT2D eigenvalue weighted by Crippen LogP contribution is -2.42. The molecule has 1 amide bonds. The molecule has 0 saturated heterocycles. The third kappa shape index (κ3) is 3.98. The summed E-state index contributed by atoms with van der Waals surface area (Å²) in [6.07, 6.45) is -0.684. The Bertz CT molecular complexity index is 955. The van der Waals surface area contributed by atoms with Crippen LogP contribution in [0.25, 0.3) is 0 Å². The van der Waals surface area contributed by atoms with Gasteiger partial charge < -0.3 is 20.4 Å². The maximum Gasteiger partial charge on any atom is 0.351 e. The van der Waals surface area contributed by atoms with Crippen molar-refractivity contribution in [3.05, 3.63) is 65.5 Å². The van der Waals surface area contributed by atoms with Gasteiger partial charge in [0.1, 0.15) is 5.82 Å². The number of halogens is 1. The van der Waals surface area contributed by atoms with Gasteiger partial charge in [-0.05, 0) is 42.0 Å². The minimum atomic E-state index is -1.88. The van der Waals surface area contributed by atoms with Crippen LogP contribution in [0.1, 0.15) is 28.8 Å². The molecular weight excluding hydrogens is 371 g/mol. The number of carboxylic acid groups (broad SMARTS) is 2. The first-order valence-electron chi connectivity index (χ1n) is 8.17. The third-order valence-corrected chi connectivity index (χ3v) is 4.21. The smallest absolute Gasteiger partial charge is 0.351 e. The number of benzene rings is 2. The molecule has 0 fully saturated rings. The van der Waals surface area contributed by atoms with E-state index < -0.39 is 35.7 Å². The van der Waals surface area contributed by atoms with Crippen molar-refractivity contribution in [3.63, 3.8) is 0 Å². The minimum absolute atomic E-state index is 0.0523. The standard InChI is InChI=1S/C19H15FN2O6/c20-13-5-1-11(2-6-13)15-9-19(18(26)27,28-22-15)10-16(23)21-14-7-3-12(4-8-14)17(24)25/h1-8H,9-10H2,(H,21,23)(H,24,25)(H,26,27). The van der Waals surface area contributed by atoms with Crippen LogP contribution in [0.15, 0.2) is 53.7 Å². The van der Waals surface area contributed by atoms with Gasteiger partial charge in [-0.15, -0.1) is 0 Å². The molecule has 0 aliphatic carbocycles. The van der Waals surface area contributed by atoms with Gasteiger partial charge in [0.25, 0.3) is 0 Å². The number of aliphatic carboxylic acids is 1. The predicted molar refractivity (Wildman–Crippen MR) is 95.7 cm³/mol. The fourth-order valence-corrected chi connectivity index (χ4v) is 2.72. The Morgan fingerprint density at radius 3 is 2.29 bits per heavy atom. The van der Waals surface area contributed by atoms with Gasteiger partial charge in [0.2, 0.25) is 11.5 Å². The lowest BCUT2D eigenvalue weighted by Gasteiger charge is -2.21. The van der Waals surface area contributed by atoms with E-state index in [-0.39, 0.29) is 12.0 Å². The molecule has 28 heavy (non-hydrogen) atoms. The summed E-state index contributed by atoms with van der Waals surface area (Å²) in [4.78, 5) is 40.0. The van der Waals surface area contributed by atoms with Crippen molar-refractivity contribution in [3.8, 4) is 0 Å². The van der Waals surface area contributed by atoms with Crippen molar-refractivity contribution >= 4 is 29.2 Å². The number of carbonyl (C=O) groups excluding carboxylic acids is 1. The normalized spacial score (nSPS) is 18.1. The Labute approximate surface area is 158 Å². The summed E-state index contributed by atoms with van der Waals surface area (Å²) >= 11 is 0. The van der Waals surface area contributed by atoms with Crippen LogP contribution in [0.5, 0.6) is 0 Å². The first kappa shape index (κ1) is 19.0. The zero-order valence-corrected chi connectivity index (χ0v) is 14.4. The van der Waals surface area contributed by atoms with Gasteiger partial charge in [-0.1, -0.05) is 17.3 Å². The van der Waals surface area contributed by atoms with E-state index in [0.29, 0.717) is 17.0 Å². The van der Waals surface area contributed by atoms with Gasteiger partial charge in [-0.25, -0.2) is 14.0 Å². The van der Waals surface area contributed by atoms with Crippen LogP contribution in [0.4, 0.5) is 10.1 Å². The van der Waals surface area contributed by atoms with Gasteiger partial charge in [0.15, 0.2) is 0 Å². The van der Waals surface area contributed by atoms with Crippen molar-refractivity contribution in [2.45, 2.75) is 18.4 Å². The largest absolute Gasteiger partial charge is 0.478 e. The lowest BCUT2D eigenvalue weighted by molar-refractivity contribution is -0.165. The van der Waals surface area contributed by atoms with Crippen LogP contribution in [0, 0.1) is 5.82 Å². The van der Waals surface area contributed by atoms with E-state index in [1.807, 2.05) is 0 Å². The van der Waals surface area contributed by atoms with Gasteiger partial charge in [-0.3, -0.25) is 4.79 Å². The van der Waals surface area contributed by atoms with Crippen LogP contribution < -0.4 is 5.32 Å². The monoisotopic (exact) mass is 386 g/mol. The van der Waals surface area contributed by atoms with Crippen LogP contribution in [-0.2, 0) is 14.4 Å². The number of anilines is 1. The summed E-state index contributed by atoms with van der Waals surface area (Å²) in [5.41, 5.74) is -0.727. The molecule has 0 aromatic heterocycles. The fraction of sp³-hybridized carbons (Fsp3) is 0.158. The average molecular weight is 386 g/mol. The van der Waals surface area contributed by atoms with E-state index in [1.165, 1.54) is 48.5 Å². The zero-order valence-electron chi connectivity index (χ0n) is 14.4.